The first-order chi connectivity index (χ1) is 7.29. The molecule has 0 saturated heterocycles. The van der Waals surface area contributed by atoms with E-state index in [-0.39, 0.29) is 0 Å². The summed E-state index contributed by atoms with van der Waals surface area (Å²) in [6, 6.07) is 7.36. The Bertz CT molecular complexity index is 360. The molecule has 0 bridgehead atoms. The fourth-order valence-electron chi connectivity index (χ4n) is 1.36. The van der Waals surface area contributed by atoms with Gasteiger partial charge in [0.1, 0.15) is 0 Å². The van der Waals surface area contributed by atoms with Crippen LogP contribution in [0.25, 0.3) is 0 Å². The summed E-state index contributed by atoms with van der Waals surface area (Å²) in [7, 11) is 0. The van der Waals surface area contributed by atoms with Crippen LogP contribution in [0.2, 0.25) is 0 Å². The minimum absolute atomic E-state index is 0.478. The summed E-state index contributed by atoms with van der Waals surface area (Å²) in [4.78, 5) is 11.1. The van der Waals surface area contributed by atoms with Gasteiger partial charge in [0.2, 0.25) is 0 Å². The Morgan fingerprint density at radius 2 is 1.75 bits per heavy atom. The van der Waals surface area contributed by atoms with Crippen molar-refractivity contribution in [3.63, 3.8) is 0 Å². The molecular formula is C13H18O3. The zero-order chi connectivity index (χ0) is 12.3. The van der Waals surface area contributed by atoms with Crippen molar-refractivity contribution in [2.24, 2.45) is 0 Å². The molecule has 0 aliphatic heterocycles. The fraction of sp³-hybridized carbons (Fsp3) is 0.462. The lowest BCUT2D eigenvalue weighted by atomic mass is 10.1. The minimum Gasteiger partial charge on any atom is -0.479 e. The van der Waals surface area contributed by atoms with E-state index in [2.05, 4.69) is 0 Å². The van der Waals surface area contributed by atoms with E-state index in [1.807, 2.05) is 39.8 Å². The largest absolute Gasteiger partial charge is 0.479 e. The standard InChI is InChI=1S/C13H18O3/c1-9-5-7-10(8-6-9)11(12(14)15)16-13(2,3)4/h5-8,11H,1-4H3,(H,14,15). The number of carboxylic acid groups (broad SMARTS) is 1. The van der Waals surface area contributed by atoms with E-state index in [0.29, 0.717) is 5.56 Å². The summed E-state index contributed by atoms with van der Waals surface area (Å²) < 4.78 is 5.53. The lowest BCUT2D eigenvalue weighted by molar-refractivity contribution is -0.160. The van der Waals surface area contributed by atoms with Gasteiger partial charge in [-0.15, -0.1) is 0 Å². The molecule has 0 saturated carbocycles. The van der Waals surface area contributed by atoms with E-state index in [1.54, 1.807) is 12.1 Å². The lowest BCUT2D eigenvalue weighted by Crippen LogP contribution is -2.27. The smallest absolute Gasteiger partial charge is 0.337 e. The number of aryl methyl sites for hydroxylation is 1. The van der Waals surface area contributed by atoms with Crippen LogP contribution in [0.4, 0.5) is 0 Å². The topological polar surface area (TPSA) is 46.5 Å². The molecule has 0 aliphatic carbocycles. The molecule has 0 aromatic heterocycles. The van der Waals surface area contributed by atoms with Crippen LogP contribution in [0, 0.1) is 6.92 Å². The highest BCUT2D eigenvalue weighted by Gasteiger charge is 2.26. The molecule has 0 heterocycles. The monoisotopic (exact) mass is 222 g/mol. The van der Waals surface area contributed by atoms with Crippen LogP contribution in [0.1, 0.15) is 38.0 Å². The van der Waals surface area contributed by atoms with Gasteiger partial charge in [0.05, 0.1) is 5.60 Å². The number of aliphatic carboxylic acids is 1. The third-order valence-corrected chi connectivity index (χ3v) is 2.08. The molecule has 1 atom stereocenters. The molecule has 1 unspecified atom stereocenters. The van der Waals surface area contributed by atoms with Crippen molar-refractivity contribution < 1.29 is 14.6 Å². The van der Waals surface area contributed by atoms with Gasteiger partial charge in [0.25, 0.3) is 0 Å². The van der Waals surface area contributed by atoms with Crippen LogP contribution in [-0.2, 0) is 9.53 Å². The van der Waals surface area contributed by atoms with Gasteiger partial charge in [-0.3, -0.25) is 0 Å². The quantitative estimate of drug-likeness (QED) is 0.855. The summed E-state index contributed by atoms with van der Waals surface area (Å²) in [6.07, 6.45) is -0.902. The molecule has 88 valence electrons. The van der Waals surface area contributed by atoms with E-state index >= 15 is 0 Å². The van der Waals surface area contributed by atoms with Gasteiger partial charge in [0, 0.05) is 0 Å². The molecule has 1 aromatic carbocycles. The van der Waals surface area contributed by atoms with Gasteiger partial charge in [-0.2, -0.15) is 0 Å². The van der Waals surface area contributed by atoms with Crippen molar-refractivity contribution in [3.05, 3.63) is 35.4 Å². The van der Waals surface area contributed by atoms with Crippen LogP contribution in [0.5, 0.6) is 0 Å². The molecule has 1 rings (SSSR count). The highest BCUT2D eigenvalue weighted by atomic mass is 16.5. The molecule has 0 spiro atoms. The predicted octanol–water partition coefficient (Wildman–Crippen LogP) is 2.94. The van der Waals surface area contributed by atoms with Crippen LogP contribution >= 0.6 is 0 Å². The Balaban J connectivity index is 2.94. The minimum atomic E-state index is -0.959. The Labute approximate surface area is 96.1 Å². The highest BCUT2D eigenvalue weighted by Crippen LogP contribution is 2.24. The number of hydrogen-bond donors (Lipinski definition) is 1. The average Bonchev–Trinajstić information content (AvgIpc) is 2.14. The third-order valence-electron chi connectivity index (χ3n) is 2.08. The molecule has 3 nitrogen and oxygen atoms in total. The highest BCUT2D eigenvalue weighted by molar-refractivity contribution is 5.74. The Morgan fingerprint density at radius 1 is 1.25 bits per heavy atom. The summed E-state index contributed by atoms with van der Waals surface area (Å²) in [5.41, 5.74) is 1.30. The first-order valence-electron chi connectivity index (χ1n) is 5.27. The maximum atomic E-state index is 11.1. The van der Waals surface area contributed by atoms with Crippen LogP contribution < -0.4 is 0 Å². The van der Waals surface area contributed by atoms with Crippen molar-refractivity contribution in [2.45, 2.75) is 39.4 Å². The zero-order valence-corrected chi connectivity index (χ0v) is 10.2. The average molecular weight is 222 g/mol. The summed E-state index contributed by atoms with van der Waals surface area (Å²) in [5.74, 6) is -0.959. The third kappa shape index (κ3) is 3.66. The fourth-order valence-corrected chi connectivity index (χ4v) is 1.36. The van der Waals surface area contributed by atoms with E-state index in [1.165, 1.54) is 0 Å². The van der Waals surface area contributed by atoms with E-state index < -0.39 is 17.7 Å². The SMILES string of the molecule is Cc1ccc(C(OC(C)(C)C)C(=O)O)cc1. The number of carbonyl (C=O) groups is 1. The normalized spacial score (nSPS) is 13.5. The molecule has 0 fully saturated rings. The number of hydrogen-bond acceptors (Lipinski definition) is 2. The number of rotatable bonds is 3. The zero-order valence-electron chi connectivity index (χ0n) is 10.2. The first kappa shape index (κ1) is 12.7. The van der Waals surface area contributed by atoms with E-state index in [0.717, 1.165) is 5.56 Å². The van der Waals surface area contributed by atoms with Crippen molar-refractivity contribution in [1.29, 1.82) is 0 Å². The molecular weight excluding hydrogens is 204 g/mol. The number of benzene rings is 1. The van der Waals surface area contributed by atoms with Crippen LogP contribution in [0.15, 0.2) is 24.3 Å². The lowest BCUT2D eigenvalue weighted by Gasteiger charge is -2.25. The first-order valence-corrected chi connectivity index (χ1v) is 5.27. The Hall–Kier alpha value is -1.35. The van der Waals surface area contributed by atoms with Crippen molar-refractivity contribution in [3.8, 4) is 0 Å². The maximum absolute atomic E-state index is 11.1. The van der Waals surface area contributed by atoms with Gasteiger partial charge in [-0.25, -0.2) is 4.79 Å². The van der Waals surface area contributed by atoms with Gasteiger partial charge in [-0.05, 0) is 33.3 Å². The second-order valence-electron chi connectivity index (χ2n) is 4.86. The summed E-state index contributed by atoms with van der Waals surface area (Å²) >= 11 is 0. The van der Waals surface area contributed by atoms with Crippen LogP contribution in [0.3, 0.4) is 0 Å². The van der Waals surface area contributed by atoms with Crippen molar-refractivity contribution in [1.82, 2.24) is 0 Å². The Morgan fingerprint density at radius 3 is 2.12 bits per heavy atom. The molecule has 3 heteroatoms. The van der Waals surface area contributed by atoms with Crippen molar-refractivity contribution >= 4 is 5.97 Å². The van der Waals surface area contributed by atoms with Gasteiger partial charge >= 0.3 is 5.97 Å². The molecule has 0 aliphatic rings. The van der Waals surface area contributed by atoms with Gasteiger partial charge in [0.15, 0.2) is 6.10 Å². The number of carboxylic acids is 1. The summed E-state index contributed by atoms with van der Waals surface area (Å²) in [5, 5.41) is 9.13. The van der Waals surface area contributed by atoms with E-state index in [9.17, 15) is 4.79 Å². The summed E-state index contributed by atoms with van der Waals surface area (Å²) in [6.45, 7) is 7.50. The number of ether oxygens (including phenoxy) is 1. The molecule has 1 N–H and O–H groups in total. The second kappa shape index (κ2) is 4.66. The Kier molecular flexibility index (Phi) is 3.70. The second-order valence-corrected chi connectivity index (χ2v) is 4.86. The molecule has 16 heavy (non-hydrogen) atoms. The molecule has 1 aromatic rings. The van der Waals surface area contributed by atoms with Gasteiger partial charge in [-0.1, -0.05) is 29.8 Å². The maximum Gasteiger partial charge on any atom is 0.337 e. The molecule has 0 radical (unpaired) electrons. The van der Waals surface area contributed by atoms with Crippen LogP contribution in [-0.4, -0.2) is 16.7 Å². The molecule has 0 amide bonds. The van der Waals surface area contributed by atoms with Gasteiger partial charge < -0.3 is 9.84 Å². The van der Waals surface area contributed by atoms with Crippen molar-refractivity contribution in [2.75, 3.05) is 0 Å². The predicted molar refractivity (Wildman–Crippen MR) is 62.4 cm³/mol. The van der Waals surface area contributed by atoms with E-state index in [4.69, 9.17) is 9.84 Å².